The van der Waals surface area contributed by atoms with Gasteiger partial charge in [0.05, 0.1) is 10.5 Å². The van der Waals surface area contributed by atoms with Crippen LogP contribution in [0.25, 0.3) is 0 Å². The van der Waals surface area contributed by atoms with Crippen LogP contribution < -0.4 is 5.32 Å². The molecule has 0 aliphatic rings. The maximum atomic E-state index is 11.8. The summed E-state index contributed by atoms with van der Waals surface area (Å²) >= 11 is 0. The van der Waals surface area contributed by atoms with Gasteiger partial charge in [0.2, 0.25) is 0 Å². The zero-order valence-corrected chi connectivity index (χ0v) is 15.1. The molecule has 1 atom stereocenters. The van der Waals surface area contributed by atoms with Crippen molar-refractivity contribution >= 4 is 24.1 Å². The monoisotopic (exact) mass is 358 g/mol. The Hall–Kier alpha value is -1.66. The van der Waals surface area contributed by atoms with Crippen LogP contribution in [0.15, 0.2) is 24.3 Å². The molecule has 1 aromatic carbocycles. The Bertz CT molecular complexity index is 494. The van der Waals surface area contributed by atoms with Gasteiger partial charge in [-0.3, -0.25) is 10.1 Å². The second-order valence-electron chi connectivity index (χ2n) is 5.56. The van der Waals surface area contributed by atoms with E-state index >= 15 is 0 Å². The maximum Gasteiger partial charge on any atom is 0.338 e. The number of halogens is 1. The van der Waals surface area contributed by atoms with Crippen LogP contribution in [-0.2, 0) is 4.74 Å². The summed E-state index contributed by atoms with van der Waals surface area (Å²) in [4.78, 5) is 21.9. The third-order valence-corrected chi connectivity index (χ3v) is 3.80. The summed E-state index contributed by atoms with van der Waals surface area (Å²) in [5.74, 6) is 0.208. The number of nitro groups is 1. The number of hydrogen-bond donors (Lipinski definition) is 1. The number of carbonyl (C=O) groups excluding carboxylic acids is 1. The predicted molar refractivity (Wildman–Crippen MR) is 96.8 cm³/mol. The smallest absolute Gasteiger partial charge is 0.338 e. The first-order valence-corrected chi connectivity index (χ1v) is 8.20. The summed E-state index contributed by atoms with van der Waals surface area (Å²) < 4.78 is 5.15. The van der Waals surface area contributed by atoms with E-state index in [1.54, 1.807) is 0 Å². The van der Waals surface area contributed by atoms with E-state index in [9.17, 15) is 14.9 Å². The van der Waals surface area contributed by atoms with Crippen LogP contribution in [-0.4, -0.2) is 30.6 Å². The molecule has 7 heteroatoms. The summed E-state index contributed by atoms with van der Waals surface area (Å²) in [6.07, 6.45) is 4.83. The lowest BCUT2D eigenvalue weighted by molar-refractivity contribution is -0.384. The number of nitro benzene ring substituents is 1. The second-order valence-corrected chi connectivity index (χ2v) is 5.56. The van der Waals surface area contributed by atoms with Crippen LogP contribution in [0.4, 0.5) is 5.69 Å². The molecule has 0 amide bonds. The predicted octanol–water partition coefficient (Wildman–Crippen LogP) is 3.98. The van der Waals surface area contributed by atoms with Crippen LogP contribution in [0.5, 0.6) is 0 Å². The van der Waals surface area contributed by atoms with E-state index < -0.39 is 10.9 Å². The minimum Gasteiger partial charge on any atom is -0.461 e. The van der Waals surface area contributed by atoms with Crippen molar-refractivity contribution in [2.24, 2.45) is 5.92 Å². The number of esters is 1. The van der Waals surface area contributed by atoms with Gasteiger partial charge in [-0.1, -0.05) is 33.1 Å². The third-order valence-electron chi connectivity index (χ3n) is 3.80. The van der Waals surface area contributed by atoms with E-state index in [1.807, 2.05) is 0 Å². The topological polar surface area (TPSA) is 81.5 Å². The zero-order chi connectivity index (χ0) is 17.1. The van der Waals surface area contributed by atoms with Gasteiger partial charge in [0.25, 0.3) is 5.69 Å². The molecule has 1 aromatic rings. The fraction of sp³-hybridized carbons (Fsp3) is 0.588. The van der Waals surface area contributed by atoms with E-state index in [1.165, 1.54) is 43.5 Å². The minimum atomic E-state index is -0.498. The highest BCUT2D eigenvalue weighted by atomic mass is 35.5. The highest BCUT2D eigenvalue weighted by molar-refractivity contribution is 5.89. The van der Waals surface area contributed by atoms with Crippen molar-refractivity contribution in [2.75, 3.05) is 19.7 Å². The Morgan fingerprint density at radius 3 is 2.50 bits per heavy atom. The molecule has 1 unspecified atom stereocenters. The lowest BCUT2D eigenvalue weighted by Crippen LogP contribution is -2.27. The first-order valence-electron chi connectivity index (χ1n) is 8.20. The van der Waals surface area contributed by atoms with Gasteiger partial charge in [0.15, 0.2) is 0 Å². The molecule has 136 valence electrons. The number of ether oxygens (including phenoxy) is 1. The van der Waals surface area contributed by atoms with Crippen molar-refractivity contribution < 1.29 is 14.5 Å². The number of unbranched alkanes of at least 4 members (excludes halogenated alkanes) is 1. The van der Waals surface area contributed by atoms with E-state index in [-0.39, 0.29) is 18.1 Å². The normalized spacial score (nSPS) is 11.4. The van der Waals surface area contributed by atoms with E-state index in [0.717, 1.165) is 13.0 Å². The molecule has 0 heterocycles. The van der Waals surface area contributed by atoms with Gasteiger partial charge in [0, 0.05) is 18.7 Å². The van der Waals surface area contributed by atoms with Gasteiger partial charge in [-0.2, -0.15) is 0 Å². The highest BCUT2D eigenvalue weighted by Gasteiger charge is 2.10. The van der Waals surface area contributed by atoms with E-state index in [2.05, 4.69) is 19.2 Å². The lowest BCUT2D eigenvalue weighted by atomic mass is 9.99. The Morgan fingerprint density at radius 1 is 1.29 bits per heavy atom. The molecule has 0 aliphatic carbocycles. The molecule has 0 saturated carbocycles. The number of hydrogen-bond acceptors (Lipinski definition) is 5. The van der Waals surface area contributed by atoms with Crippen molar-refractivity contribution in [3.63, 3.8) is 0 Å². The van der Waals surface area contributed by atoms with Gasteiger partial charge in [-0.05, 0) is 31.0 Å². The Kier molecular flexibility index (Phi) is 11.8. The fourth-order valence-corrected chi connectivity index (χ4v) is 2.27. The standard InChI is InChI=1S/C17H26N2O4.ClH/c1-3-5-6-14(4-2)13-18-11-12-23-17(20)15-7-9-16(10-8-15)19(21)22;/h7-10,14,18H,3-6,11-13H2,1-2H3;1H. The van der Waals surface area contributed by atoms with Gasteiger partial charge in [0.1, 0.15) is 6.61 Å². The SMILES string of the molecule is CCCCC(CC)CNCCOC(=O)c1ccc([N+](=O)[O-])cc1.Cl. The lowest BCUT2D eigenvalue weighted by Gasteiger charge is -2.15. The summed E-state index contributed by atoms with van der Waals surface area (Å²) in [5.41, 5.74) is 0.283. The van der Waals surface area contributed by atoms with Gasteiger partial charge in [-0.25, -0.2) is 4.79 Å². The molecule has 1 rings (SSSR count). The molecular formula is C17H27ClN2O4. The molecule has 1 N–H and O–H groups in total. The second kappa shape index (κ2) is 12.7. The van der Waals surface area contributed by atoms with Crippen LogP contribution in [0.1, 0.15) is 49.9 Å². The van der Waals surface area contributed by atoms with Gasteiger partial charge in [-0.15, -0.1) is 12.4 Å². The van der Waals surface area contributed by atoms with Crippen molar-refractivity contribution in [1.82, 2.24) is 5.32 Å². The van der Waals surface area contributed by atoms with Crippen LogP contribution >= 0.6 is 12.4 Å². The van der Waals surface area contributed by atoms with Crippen LogP contribution in [0.3, 0.4) is 0 Å². The Balaban J connectivity index is 0.00000529. The van der Waals surface area contributed by atoms with Crippen LogP contribution in [0, 0.1) is 16.0 Å². The third kappa shape index (κ3) is 8.26. The average Bonchev–Trinajstić information content (AvgIpc) is 2.57. The van der Waals surface area contributed by atoms with E-state index in [0.29, 0.717) is 24.6 Å². The first-order chi connectivity index (χ1) is 11.1. The maximum absolute atomic E-state index is 11.8. The summed E-state index contributed by atoms with van der Waals surface area (Å²) in [7, 11) is 0. The fourth-order valence-electron chi connectivity index (χ4n) is 2.27. The molecule has 0 saturated heterocycles. The molecule has 0 radical (unpaired) electrons. The molecule has 0 fully saturated rings. The molecule has 0 aliphatic heterocycles. The molecule has 0 aromatic heterocycles. The van der Waals surface area contributed by atoms with Crippen LogP contribution in [0.2, 0.25) is 0 Å². The Morgan fingerprint density at radius 2 is 1.96 bits per heavy atom. The molecule has 0 bridgehead atoms. The summed E-state index contributed by atoms with van der Waals surface area (Å²) in [5, 5.41) is 13.9. The van der Waals surface area contributed by atoms with E-state index in [4.69, 9.17) is 4.74 Å². The quantitative estimate of drug-likeness (QED) is 0.280. The van der Waals surface area contributed by atoms with Gasteiger partial charge >= 0.3 is 5.97 Å². The number of rotatable bonds is 11. The number of non-ortho nitro benzene ring substituents is 1. The summed E-state index contributed by atoms with van der Waals surface area (Å²) in [6, 6.07) is 5.42. The summed E-state index contributed by atoms with van der Waals surface area (Å²) in [6.45, 7) is 6.22. The zero-order valence-electron chi connectivity index (χ0n) is 14.3. The van der Waals surface area contributed by atoms with Gasteiger partial charge < -0.3 is 10.1 Å². The van der Waals surface area contributed by atoms with Crippen molar-refractivity contribution in [1.29, 1.82) is 0 Å². The molecule has 0 spiro atoms. The molecule has 6 nitrogen and oxygen atoms in total. The first kappa shape index (κ1) is 22.3. The largest absolute Gasteiger partial charge is 0.461 e. The number of nitrogens with zero attached hydrogens (tertiary/aromatic N) is 1. The highest BCUT2D eigenvalue weighted by Crippen LogP contribution is 2.13. The van der Waals surface area contributed by atoms with Crippen molar-refractivity contribution in [3.8, 4) is 0 Å². The number of carbonyl (C=O) groups is 1. The van der Waals surface area contributed by atoms with Crippen molar-refractivity contribution in [2.45, 2.75) is 39.5 Å². The molecular weight excluding hydrogens is 332 g/mol. The number of nitrogens with one attached hydrogen (secondary N) is 1. The minimum absolute atomic E-state index is 0. The molecule has 24 heavy (non-hydrogen) atoms. The van der Waals surface area contributed by atoms with Crippen molar-refractivity contribution in [3.05, 3.63) is 39.9 Å². The average molecular weight is 359 g/mol. The Labute approximate surface area is 149 Å². The number of benzene rings is 1.